The van der Waals surface area contributed by atoms with E-state index in [0.717, 1.165) is 19.5 Å². The first-order valence-corrected chi connectivity index (χ1v) is 7.27. The van der Waals surface area contributed by atoms with Crippen molar-refractivity contribution in [3.63, 3.8) is 0 Å². The summed E-state index contributed by atoms with van der Waals surface area (Å²) >= 11 is 0. The molecule has 0 aliphatic carbocycles. The van der Waals surface area contributed by atoms with Crippen LogP contribution < -0.4 is 5.32 Å². The molecule has 0 saturated carbocycles. The van der Waals surface area contributed by atoms with E-state index in [0.29, 0.717) is 23.6 Å². The zero-order valence-electron chi connectivity index (χ0n) is 12.4. The van der Waals surface area contributed by atoms with Crippen LogP contribution in [0.4, 0.5) is 4.39 Å². The van der Waals surface area contributed by atoms with E-state index in [9.17, 15) is 9.18 Å². The predicted octanol–water partition coefficient (Wildman–Crippen LogP) is 2.59. The number of carbonyl (C=O) groups excluding carboxylic acids is 1. The maximum absolute atomic E-state index is 13.7. The monoisotopic (exact) mass is 278 g/mol. The minimum Gasteiger partial charge on any atom is -0.334 e. The van der Waals surface area contributed by atoms with Crippen LogP contribution in [0.5, 0.6) is 0 Å². The maximum atomic E-state index is 13.7. The molecule has 1 amide bonds. The van der Waals surface area contributed by atoms with Crippen molar-refractivity contribution in [2.75, 3.05) is 19.6 Å². The van der Waals surface area contributed by atoms with Crippen molar-refractivity contribution in [3.05, 3.63) is 35.1 Å². The molecule has 1 atom stereocenters. The van der Waals surface area contributed by atoms with Gasteiger partial charge in [-0.3, -0.25) is 4.79 Å². The molecule has 1 fully saturated rings. The molecule has 1 aromatic rings. The largest absolute Gasteiger partial charge is 0.334 e. The van der Waals surface area contributed by atoms with Gasteiger partial charge in [0.25, 0.3) is 5.91 Å². The second-order valence-electron chi connectivity index (χ2n) is 5.91. The molecule has 110 valence electrons. The molecule has 0 bridgehead atoms. The van der Waals surface area contributed by atoms with E-state index in [1.165, 1.54) is 6.07 Å². The first-order chi connectivity index (χ1) is 9.50. The number of hydrogen-bond acceptors (Lipinski definition) is 2. The number of halogens is 1. The Morgan fingerprint density at radius 3 is 2.85 bits per heavy atom. The van der Waals surface area contributed by atoms with Gasteiger partial charge in [-0.05, 0) is 43.5 Å². The average molecular weight is 278 g/mol. The Balaban J connectivity index is 2.27. The lowest BCUT2D eigenvalue weighted by atomic mass is 10.0. The summed E-state index contributed by atoms with van der Waals surface area (Å²) in [6, 6.07) is 4.94. The van der Waals surface area contributed by atoms with Crippen LogP contribution in [0, 0.1) is 18.7 Å². The summed E-state index contributed by atoms with van der Waals surface area (Å²) in [7, 11) is 0. The highest BCUT2D eigenvalue weighted by Crippen LogP contribution is 2.19. The van der Waals surface area contributed by atoms with Crippen LogP contribution in [0.1, 0.15) is 36.2 Å². The van der Waals surface area contributed by atoms with Gasteiger partial charge in [0, 0.05) is 24.7 Å². The van der Waals surface area contributed by atoms with Crippen LogP contribution in [0.25, 0.3) is 0 Å². The van der Waals surface area contributed by atoms with E-state index < -0.39 is 0 Å². The van der Waals surface area contributed by atoms with Crippen LogP contribution >= 0.6 is 0 Å². The minimum atomic E-state index is -0.315. The van der Waals surface area contributed by atoms with Crippen molar-refractivity contribution in [2.24, 2.45) is 5.92 Å². The van der Waals surface area contributed by atoms with Crippen LogP contribution in [0.2, 0.25) is 0 Å². The predicted molar refractivity (Wildman–Crippen MR) is 78.3 cm³/mol. The molecule has 4 heteroatoms. The minimum absolute atomic E-state index is 0.0515. The second-order valence-corrected chi connectivity index (χ2v) is 5.91. The highest BCUT2D eigenvalue weighted by Gasteiger charge is 2.28. The molecule has 1 heterocycles. The summed E-state index contributed by atoms with van der Waals surface area (Å²) in [5.41, 5.74) is 0.926. The summed E-state index contributed by atoms with van der Waals surface area (Å²) in [4.78, 5) is 14.7. The summed E-state index contributed by atoms with van der Waals surface area (Å²) in [6.07, 6.45) is 0.965. The fourth-order valence-corrected chi connectivity index (χ4v) is 2.69. The normalized spacial score (nSPS) is 18.6. The standard InChI is InChI=1S/C16H23FN2O/c1-11(2)10-19(13-7-8-18-9-13)16(20)14-5-4-6-15(17)12(14)3/h4-6,11,13,18H,7-10H2,1-3H3. The third-order valence-electron chi connectivity index (χ3n) is 3.80. The van der Waals surface area contributed by atoms with Gasteiger partial charge in [-0.2, -0.15) is 0 Å². The van der Waals surface area contributed by atoms with Gasteiger partial charge in [-0.1, -0.05) is 19.9 Å². The van der Waals surface area contributed by atoms with Crippen LogP contribution in [-0.4, -0.2) is 36.5 Å². The van der Waals surface area contributed by atoms with Gasteiger partial charge in [0.15, 0.2) is 0 Å². The fraction of sp³-hybridized carbons (Fsp3) is 0.562. The molecular formula is C16H23FN2O. The molecule has 1 aromatic carbocycles. The molecule has 3 nitrogen and oxygen atoms in total. The topological polar surface area (TPSA) is 32.3 Å². The van der Waals surface area contributed by atoms with Crippen molar-refractivity contribution in [3.8, 4) is 0 Å². The summed E-state index contributed by atoms with van der Waals surface area (Å²) in [5.74, 6) is 0.0303. The molecule has 2 rings (SSSR count). The Hall–Kier alpha value is -1.42. The third-order valence-corrected chi connectivity index (χ3v) is 3.80. The molecule has 1 aliphatic heterocycles. The number of nitrogens with zero attached hydrogens (tertiary/aromatic N) is 1. The SMILES string of the molecule is Cc1c(F)cccc1C(=O)N(CC(C)C)C1CCNC1. The van der Waals surface area contributed by atoms with Crippen molar-refractivity contribution >= 4 is 5.91 Å². The zero-order chi connectivity index (χ0) is 14.7. The van der Waals surface area contributed by atoms with E-state index >= 15 is 0 Å². The maximum Gasteiger partial charge on any atom is 0.254 e. The molecule has 20 heavy (non-hydrogen) atoms. The van der Waals surface area contributed by atoms with E-state index in [1.807, 2.05) is 4.90 Å². The molecule has 0 aromatic heterocycles. The van der Waals surface area contributed by atoms with E-state index in [4.69, 9.17) is 0 Å². The van der Waals surface area contributed by atoms with Gasteiger partial charge < -0.3 is 10.2 Å². The van der Waals surface area contributed by atoms with Crippen molar-refractivity contribution in [1.82, 2.24) is 10.2 Å². The summed E-state index contributed by atoms with van der Waals surface area (Å²) < 4.78 is 13.7. The Kier molecular flexibility index (Phi) is 4.76. The highest BCUT2D eigenvalue weighted by molar-refractivity contribution is 5.96. The number of amides is 1. The van der Waals surface area contributed by atoms with E-state index in [-0.39, 0.29) is 17.8 Å². The quantitative estimate of drug-likeness (QED) is 0.918. The van der Waals surface area contributed by atoms with Gasteiger partial charge in [-0.25, -0.2) is 4.39 Å². The molecule has 0 radical (unpaired) electrons. The first kappa shape index (κ1) is 15.0. The lowest BCUT2D eigenvalue weighted by molar-refractivity contribution is 0.0666. The Labute approximate surface area is 120 Å². The number of nitrogens with one attached hydrogen (secondary N) is 1. The summed E-state index contributed by atoms with van der Waals surface area (Å²) in [5, 5.41) is 3.29. The van der Waals surface area contributed by atoms with E-state index in [2.05, 4.69) is 19.2 Å². The van der Waals surface area contributed by atoms with E-state index in [1.54, 1.807) is 19.1 Å². The van der Waals surface area contributed by atoms with Gasteiger partial charge in [0.05, 0.1) is 0 Å². The second kappa shape index (κ2) is 6.35. The fourth-order valence-electron chi connectivity index (χ4n) is 2.69. The number of benzene rings is 1. The molecule has 0 spiro atoms. The third kappa shape index (κ3) is 3.18. The van der Waals surface area contributed by atoms with Crippen LogP contribution in [0.15, 0.2) is 18.2 Å². The van der Waals surface area contributed by atoms with Crippen LogP contribution in [-0.2, 0) is 0 Å². The Morgan fingerprint density at radius 1 is 1.50 bits per heavy atom. The van der Waals surface area contributed by atoms with Crippen molar-refractivity contribution in [1.29, 1.82) is 0 Å². The Bertz CT molecular complexity index is 481. The smallest absolute Gasteiger partial charge is 0.254 e. The number of carbonyl (C=O) groups is 1. The average Bonchev–Trinajstić information content (AvgIpc) is 2.92. The molecule has 1 N–H and O–H groups in total. The van der Waals surface area contributed by atoms with Gasteiger partial charge in [0.2, 0.25) is 0 Å². The van der Waals surface area contributed by atoms with Gasteiger partial charge in [0.1, 0.15) is 5.82 Å². The lowest BCUT2D eigenvalue weighted by Crippen LogP contribution is -2.44. The summed E-state index contributed by atoms with van der Waals surface area (Å²) in [6.45, 7) is 8.34. The van der Waals surface area contributed by atoms with Crippen LogP contribution in [0.3, 0.4) is 0 Å². The lowest BCUT2D eigenvalue weighted by Gasteiger charge is -2.30. The first-order valence-electron chi connectivity index (χ1n) is 7.27. The zero-order valence-corrected chi connectivity index (χ0v) is 12.4. The molecular weight excluding hydrogens is 255 g/mol. The molecule has 1 aliphatic rings. The van der Waals surface area contributed by atoms with Crippen molar-refractivity contribution in [2.45, 2.75) is 33.2 Å². The Morgan fingerprint density at radius 2 is 2.25 bits per heavy atom. The van der Waals surface area contributed by atoms with Crippen molar-refractivity contribution < 1.29 is 9.18 Å². The number of rotatable bonds is 4. The highest BCUT2D eigenvalue weighted by atomic mass is 19.1. The molecule has 1 saturated heterocycles. The molecule has 1 unspecified atom stereocenters. The number of hydrogen-bond donors (Lipinski definition) is 1. The van der Waals surface area contributed by atoms with Gasteiger partial charge >= 0.3 is 0 Å². The van der Waals surface area contributed by atoms with Gasteiger partial charge in [-0.15, -0.1) is 0 Å².